The Morgan fingerprint density at radius 3 is 2.19 bits per heavy atom. The summed E-state index contributed by atoms with van der Waals surface area (Å²) in [6.07, 6.45) is 3.58. The number of rotatable bonds is 3. The number of hydrogen-bond acceptors (Lipinski definition) is 5. The first kappa shape index (κ1) is 22.8. The molecule has 0 radical (unpaired) electrons. The molecule has 1 saturated carbocycles. The highest BCUT2D eigenvalue weighted by Crippen LogP contribution is 2.50. The van der Waals surface area contributed by atoms with E-state index < -0.39 is 17.0 Å². The summed E-state index contributed by atoms with van der Waals surface area (Å²) in [7, 11) is 3.74. The van der Waals surface area contributed by atoms with E-state index >= 15 is 0 Å². The maximum absolute atomic E-state index is 13.0. The summed E-state index contributed by atoms with van der Waals surface area (Å²) in [4.78, 5) is 14.2. The van der Waals surface area contributed by atoms with Crippen LogP contribution in [0.3, 0.4) is 0 Å². The van der Waals surface area contributed by atoms with Crippen molar-refractivity contribution in [1.29, 1.82) is 0 Å². The van der Waals surface area contributed by atoms with Crippen LogP contribution < -0.4 is 0 Å². The van der Waals surface area contributed by atoms with Crippen LogP contribution in [0.25, 0.3) is 0 Å². The van der Waals surface area contributed by atoms with Crippen molar-refractivity contribution in [1.82, 2.24) is 9.21 Å². The Labute approximate surface area is 168 Å². The van der Waals surface area contributed by atoms with Gasteiger partial charge in [-0.2, -0.15) is 0 Å². The van der Waals surface area contributed by atoms with Gasteiger partial charge in [0.05, 0.1) is 12.1 Å². The molecule has 3 atom stereocenters. The molecule has 27 heavy (non-hydrogen) atoms. The molecule has 0 aromatic rings. The highest BCUT2D eigenvalue weighted by atomic mass is 32.2. The van der Waals surface area contributed by atoms with Crippen molar-refractivity contribution in [2.45, 2.75) is 89.7 Å². The number of methoxy groups -OCH3 is 1. The molecular weight excluding hydrogens is 364 g/mol. The number of ether oxygens (including phenoxy) is 2. The van der Waals surface area contributed by atoms with Gasteiger partial charge in [-0.15, -0.1) is 4.31 Å². The second kappa shape index (κ2) is 8.09. The zero-order chi connectivity index (χ0) is 20.6. The second-order valence-corrected chi connectivity index (χ2v) is 12.3. The van der Waals surface area contributed by atoms with Gasteiger partial charge in [-0.25, -0.2) is 4.79 Å². The summed E-state index contributed by atoms with van der Waals surface area (Å²) in [5.41, 5.74) is -0.443. The van der Waals surface area contributed by atoms with Gasteiger partial charge in [0.25, 0.3) is 0 Å². The van der Waals surface area contributed by atoms with E-state index in [9.17, 15) is 9.35 Å². The number of carbonyl (C=O) groups excluding carboxylic acids is 1. The lowest BCUT2D eigenvalue weighted by atomic mass is 9.74. The summed E-state index contributed by atoms with van der Waals surface area (Å²) in [5.74, 6) is 0. The maximum atomic E-state index is 13.0. The zero-order valence-corrected chi connectivity index (χ0v) is 19.1. The molecule has 2 rings (SSSR count). The zero-order valence-electron chi connectivity index (χ0n) is 18.3. The second-order valence-electron chi connectivity index (χ2n) is 10.1. The Morgan fingerprint density at radius 2 is 1.74 bits per heavy atom. The van der Waals surface area contributed by atoms with E-state index in [-0.39, 0.29) is 28.4 Å². The average molecular weight is 403 g/mol. The molecule has 1 saturated heterocycles. The Morgan fingerprint density at radius 1 is 1.19 bits per heavy atom. The standard InChI is InChI=1S/C20H38N2O4S/c1-18(2,3)26-17(23)22-11-9-20(10-12-22)14-15(25-8)13-16(20)21(7)27(24)19(4,5)6/h15-16H,9-14H2,1-8H3/t15-,16+,27?/m0/s1. The summed E-state index contributed by atoms with van der Waals surface area (Å²) in [6.45, 7) is 13.1. The van der Waals surface area contributed by atoms with E-state index in [0.717, 1.165) is 25.7 Å². The Balaban J connectivity index is 2.11. The molecule has 0 N–H and O–H groups in total. The number of nitrogens with zero attached hydrogens (tertiary/aromatic N) is 2. The highest BCUT2D eigenvalue weighted by Gasteiger charge is 2.54. The van der Waals surface area contributed by atoms with Crippen LogP contribution >= 0.6 is 0 Å². The minimum Gasteiger partial charge on any atom is -0.597 e. The monoisotopic (exact) mass is 402 g/mol. The molecule has 1 spiro atoms. The molecule has 0 aromatic heterocycles. The minimum absolute atomic E-state index is 0.0366. The lowest BCUT2D eigenvalue weighted by Crippen LogP contribution is -2.54. The highest BCUT2D eigenvalue weighted by molar-refractivity contribution is 7.90. The first-order valence-electron chi connectivity index (χ1n) is 9.95. The van der Waals surface area contributed by atoms with Crippen LogP contribution in [0.2, 0.25) is 0 Å². The van der Waals surface area contributed by atoms with Crippen LogP contribution in [0.5, 0.6) is 0 Å². The predicted molar refractivity (Wildman–Crippen MR) is 109 cm³/mol. The molecule has 1 amide bonds. The van der Waals surface area contributed by atoms with Gasteiger partial charge in [0.2, 0.25) is 0 Å². The van der Waals surface area contributed by atoms with Gasteiger partial charge >= 0.3 is 6.09 Å². The lowest BCUT2D eigenvalue weighted by molar-refractivity contribution is 0.00175. The number of likely N-dealkylation sites (tertiary alicyclic amines) is 1. The molecule has 0 bridgehead atoms. The number of piperidine rings is 1. The quantitative estimate of drug-likeness (QED) is 0.675. The minimum atomic E-state index is -1.07. The van der Waals surface area contributed by atoms with Crippen molar-refractivity contribution in [3.63, 3.8) is 0 Å². The molecule has 7 heteroatoms. The smallest absolute Gasteiger partial charge is 0.410 e. The Hall–Kier alpha value is -0.500. The van der Waals surface area contributed by atoms with Gasteiger partial charge in [-0.3, -0.25) is 0 Å². The number of amides is 1. The van der Waals surface area contributed by atoms with Crippen LogP contribution in [-0.2, 0) is 20.8 Å². The molecule has 1 heterocycles. The van der Waals surface area contributed by atoms with Gasteiger partial charge in [0.15, 0.2) is 0 Å². The SMILES string of the molecule is CO[C@H]1C[C@@H](N(C)[S+]([O-])C(C)(C)C)C2(CCN(C(=O)OC(C)(C)C)CC2)C1. The molecule has 6 nitrogen and oxygen atoms in total. The summed E-state index contributed by atoms with van der Waals surface area (Å²) < 4.78 is 26.0. The van der Waals surface area contributed by atoms with Crippen LogP contribution in [0.1, 0.15) is 67.2 Å². The van der Waals surface area contributed by atoms with Gasteiger partial charge in [-0.05, 0) is 72.6 Å². The van der Waals surface area contributed by atoms with Crippen LogP contribution in [-0.4, -0.2) is 69.6 Å². The first-order chi connectivity index (χ1) is 12.3. The van der Waals surface area contributed by atoms with Crippen molar-refractivity contribution in [2.24, 2.45) is 5.41 Å². The molecule has 0 aromatic carbocycles. The molecule has 158 valence electrons. The maximum Gasteiger partial charge on any atom is 0.410 e. The van der Waals surface area contributed by atoms with Gasteiger partial charge in [-0.1, -0.05) is 0 Å². The summed E-state index contributed by atoms with van der Waals surface area (Å²) in [6, 6.07) is 0.197. The first-order valence-corrected chi connectivity index (χ1v) is 11.1. The van der Waals surface area contributed by atoms with Crippen molar-refractivity contribution in [2.75, 3.05) is 27.2 Å². The van der Waals surface area contributed by atoms with Crippen LogP contribution in [0, 0.1) is 5.41 Å². The van der Waals surface area contributed by atoms with Crippen molar-refractivity contribution < 1.29 is 18.8 Å². The molecule has 1 unspecified atom stereocenters. The lowest BCUT2D eigenvalue weighted by Gasteiger charge is -2.46. The summed E-state index contributed by atoms with van der Waals surface area (Å²) >= 11 is -1.07. The number of carbonyl (C=O) groups is 1. The largest absolute Gasteiger partial charge is 0.597 e. The predicted octanol–water partition coefficient (Wildman–Crippen LogP) is 3.58. The molecule has 1 aliphatic heterocycles. The summed E-state index contributed by atoms with van der Waals surface area (Å²) in [5, 5.41) is 0. The fourth-order valence-electron chi connectivity index (χ4n) is 4.43. The van der Waals surface area contributed by atoms with Crippen molar-refractivity contribution in [3.05, 3.63) is 0 Å². The fourth-order valence-corrected chi connectivity index (χ4v) is 5.84. The number of hydrogen-bond donors (Lipinski definition) is 0. The van der Waals surface area contributed by atoms with Gasteiger partial charge in [0, 0.05) is 38.6 Å². The van der Waals surface area contributed by atoms with Crippen molar-refractivity contribution >= 4 is 17.5 Å². The third-order valence-corrected chi connectivity index (χ3v) is 7.62. The Bertz CT molecular complexity index is 521. The van der Waals surface area contributed by atoms with Crippen LogP contribution in [0.15, 0.2) is 0 Å². The van der Waals surface area contributed by atoms with Crippen molar-refractivity contribution in [3.8, 4) is 0 Å². The molecule has 2 aliphatic rings. The van der Waals surface area contributed by atoms with Gasteiger partial charge in [0.1, 0.15) is 10.3 Å². The molecule has 2 fully saturated rings. The Kier molecular flexibility index (Phi) is 6.83. The van der Waals surface area contributed by atoms with E-state index in [1.54, 1.807) is 7.11 Å². The van der Waals surface area contributed by atoms with E-state index in [1.165, 1.54) is 0 Å². The third kappa shape index (κ3) is 5.31. The van der Waals surface area contributed by atoms with Gasteiger partial charge < -0.3 is 18.9 Å². The van der Waals surface area contributed by atoms with E-state index in [4.69, 9.17) is 9.47 Å². The molecular formula is C20H38N2O4S. The topological polar surface area (TPSA) is 65.1 Å². The average Bonchev–Trinajstić information content (AvgIpc) is 2.90. The fraction of sp³-hybridized carbons (Fsp3) is 0.950. The van der Waals surface area contributed by atoms with E-state index in [1.807, 2.05) is 53.5 Å². The normalized spacial score (nSPS) is 27.3. The van der Waals surface area contributed by atoms with E-state index in [2.05, 4.69) is 4.31 Å². The molecule has 1 aliphatic carbocycles. The van der Waals surface area contributed by atoms with Crippen LogP contribution in [0.4, 0.5) is 4.79 Å². The van der Waals surface area contributed by atoms with E-state index in [0.29, 0.717) is 13.1 Å². The third-order valence-electron chi connectivity index (χ3n) is 5.80.